The van der Waals surface area contributed by atoms with E-state index in [1.54, 1.807) is 35.2 Å². The van der Waals surface area contributed by atoms with Gasteiger partial charge in [-0.15, -0.1) is 0 Å². The molecule has 1 amide bonds. The second-order valence-corrected chi connectivity index (χ2v) is 10.1. The first kappa shape index (κ1) is 27.2. The molecule has 0 bridgehead atoms. The Morgan fingerprint density at radius 1 is 0.900 bits per heavy atom. The van der Waals surface area contributed by atoms with Crippen LogP contribution in [-0.4, -0.2) is 25.1 Å². The number of esters is 1. The first-order chi connectivity index (χ1) is 19.3. The van der Waals surface area contributed by atoms with E-state index in [2.05, 4.69) is 0 Å². The molecule has 0 radical (unpaired) electrons. The van der Waals surface area contributed by atoms with Crippen molar-refractivity contribution in [1.82, 2.24) is 0 Å². The molecule has 0 spiro atoms. The van der Waals surface area contributed by atoms with Crippen LogP contribution in [0.4, 0.5) is 5.69 Å². The SMILES string of the molecule is CCCCOC(=O)c1ccc(N2C(=O)c3oc4cc(C)c(C)cc4c(=O)c3C2c2ccc(OCCC)cc2)cc1. The van der Waals surface area contributed by atoms with Crippen molar-refractivity contribution in [2.24, 2.45) is 0 Å². The largest absolute Gasteiger partial charge is 0.494 e. The van der Waals surface area contributed by atoms with Crippen LogP contribution in [-0.2, 0) is 4.74 Å². The molecule has 0 fully saturated rings. The summed E-state index contributed by atoms with van der Waals surface area (Å²) in [5, 5.41) is 0.439. The van der Waals surface area contributed by atoms with Gasteiger partial charge in [0.15, 0.2) is 5.43 Å². The van der Waals surface area contributed by atoms with Gasteiger partial charge in [0.05, 0.1) is 35.8 Å². The summed E-state index contributed by atoms with van der Waals surface area (Å²) in [4.78, 5) is 41.9. The minimum atomic E-state index is -0.715. The molecule has 2 heterocycles. The molecule has 0 aliphatic carbocycles. The van der Waals surface area contributed by atoms with Gasteiger partial charge in [-0.2, -0.15) is 0 Å². The van der Waals surface area contributed by atoms with Gasteiger partial charge in [0, 0.05) is 5.69 Å². The number of amides is 1. The predicted molar refractivity (Wildman–Crippen MR) is 154 cm³/mol. The Morgan fingerprint density at radius 2 is 1.60 bits per heavy atom. The predicted octanol–water partition coefficient (Wildman–Crippen LogP) is 6.91. The van der Waals surface area contributed by atoms with Gasteiger partial charge in [-0.3, -0.25) is 14.5 Å². The summed E-state index contributed by atoms with van der Waals surface area (Å²) in [5.74, 6) is -0.0877. The number of aryl methyl sites for hydroxylation is 2. The molecule has 0 saturated carbocycles. The Hall–Kier alpha value is -4.39. The minimum absolute atomic E-state index is 0.0279. The summed E-state index contributed by atoms with van der Waals surface area (Å²) in [6.45, 7) is 8.91. The fourth-order valence-electron chi connectivity index (χ4n) is 4.93. The summed E-state index contributed by atoms with van der Waals surface area (Å²) in [6, 6.07) is 17.0. The van der Waals surface area contributed by atoms with E-state index < -0.39 is 17.9 Å². The number of nitrogens with zero attached hydrogens (tertiary/aromatic N) is 1. The van der Waals surface area contributed by atoms with Crippen molar-refractivity contribution in [3.8, 4) is 5.75 Å². The van der Waals surface area contributed by atoms with E-state index in [-0.39, 0.29) is 11.2 Å². The number of benzene rings is 3. The van der Waals surface area contributed by atoms with E-state index in [1.807, 2.05) is 58.0 Å². The van der Waals surface area contributed by atoms with Crippen LogP contribution in [0.1, 0.15) is 82.3 Å². The summed E-state index contributed by atoms with van der Waals surface area (Å²) < 4.78 is 17.2. The van der Waals surface area contributed by atoms with E-state index in [1.165, 1.54) is 0 Å². The number of carbonyl (C=O) groups is 2. The number of ether oxygens (including phenoxy) is 2. The van der Waals surface area contributed by atoms with Crippen molar-refractivity contribution in [3.63, 3.8) is 0 Å². The third kappa shape index (κ3) is 4.99. The lowest BCUT2D eigenvalue weighted by molar-refractivity contribution is 0.0499. The smallest absolute Gasteiger partial charge is 0.338 e. The topological polar surface area (TPSA) is 86.0 Å². The monoisotopic (exact) mass is 539 g/mol. The molecule has 7 heteroatoms. The molecule has 3 aromatic carbocycles. The highest BCUT2D eigenvalue weighted by atomic mass is 16.5. The lowest BCUT2D eigenvalue weighted by Crippen LogP contribution is -2.29. The Labute approximate surface area is 233 Å². The van der Waals surface area contributed by atoms with Crippen LogP contribution in [0.15, 0.2) is 69.9 Å². The molecule has 4 aromatic rings. The molecule has 0 saturated heterocycles. The molecule has 1 aliphatic rings. The average Bonchev–Trinajstić information content (AvgIpc) is 3.25. The van der Waals surface area contributed by atoms with Gasteiger partial charge < -0.3 is 13.9 Å². The lowest BCUT2D eigenvalue weighted by Gasteiger charge is -2.25. The number of hydrogen-bond donors (Lipinski definition) is 0. The van der Waals surface area contributed by atoms with Crippen LogP contribution < -0.4 is 15.1 Å². The maximum Gasteiger partial charge on any atom is 0.338 e. The van der Waals surface area contributed by atoms with E-state index in [0.717, 1.165) is 36.0 Å². The van der Waals surface area contributed by atoms with E-state index in [9.17, 15) is 14.4 Å². The van der Waals surface area contributed by atoms with Gasteiger partial charge in [-0.25, -0.2) is 4.79 Å². The normalized spacial score (nSPS) is 14.4. The second kappa shape index (κ2) is 11.4. The number of hydrogen-bond acceptors (Lipinski definition) is 6. The Kier molecular flexibility index (Phi) is 7.74. The maximum atomic E-state index is 13.9. The molecule has 1 aromatic heterocycles. The zero-order chi connectivity index (χ0) is 28.4. The van der Waals surface area contributed by atoms with Gasteiger partial charge in [0.1, 0.15) is 11.3 Å². The highest BCUT2D eigenvalue weighted by Crippen LogP contribution is 2.41. The van der Waals surface area contributed by atoms with Crippen molar-refractivity contribution in [2.75, 3.05) is 18.1 Å². The van der Waals surface area contributed by atoms with E-state index in [4.69, 9.17) is 13.9 Å². The Bertz CT molecular complexity index is 1620. The molecule has 1 unspecified atom stereocenters. The molecule has 1 aliphatic heterocycles. The molecule has 5 rings (SSSR count). The quantitative estimate of drug-likeness (QED) is 0.170. The van der Waals surface area contributed by atoms with Crippen LogP contribution >= 0.6 is 0 Å². The Balaban J connectivity index is 1.61. The van der Waals surface area contributed by atoms with Gasteiger partial charge in [-0.1, -0.05) is 32.4 Å². The first-order valence-corrected chi connectivity index (χ1v) is 13.8. The average molecular weight is 540 g/mol. The molecule has 40 heavy (non-hydrogen) atoms. The summed E-state index contributed by atoms with van der Waals surface area (Å²) in [5.41, 5.74) is 4.06. The molecule has 206 valence electrons. The lowest BCUT2D eigenvalue weighted by atomic mass is 9.97. The molecular formula is C33H33NO6. The van der Waals surface area contributed by atoms with Gasteiger partial charge in [0.25, 0.3) is 5.91 Å². The van der Waals surface area contributed by atoms with Crippen LogP contribution in [0, 0.1) is 13.8 Å². The summed E-state index contributed by atoms with van der Waals surface area (Å²) in [6.07, 6.45) is 2.61. The number of anilines is 1. The maximum absolute atomic E-state index is 13.9. The summed E-state index contributed by atoms with van der Waals surface area (Å²) >= 11 is 0. The highest BCUT2D eigenvalue weighted by molar-refractivity contribution is 6.11. The van der Waals surface area contributed by atoms with E-state index in [0.29, 0.717) is 46.7 Å². The van der Waals surface area contributed by atoms with Crippen LogP contribution in [0.25, 0.3) is 11.0 Å². The third-order valence-electron chi connectivity index (χ3n) is 7.27. The second-order valence-electron chi connectivity index (χ2n) is 10.1. The third-order valence-corrected chi connectivity index (χ3v) is 7.27. The number of rotatable bonds is 9. The highest BCUT2D eigenvalue weighted by Gasteiger charge is 2.43. The zero-order valence-corrected chi connectivity index (χ0v) is 23.3. The fraction of sp³-hybridized carbons (Fsp3) is 0.303. The number of unbranched alkanes of at least 4 members (excludes halogenated alkanes) is 1. The zero-order valence-electron chi connectivity index (χ0n) is 23.3. The van der Waals surface area contributed by atoms with Crippen LogP contribution in [0.2, 0.25) is 0 Å². The first-order valence-electron chi connectivity index (χ1n) is 13.8. The Morgan fingerprint density at radius 3 is 2.27 bits per heavy atom. The molecular weight excluding hydrogens is 506 g/mol. The van der Waals surface area contributed by atoms with Gasteiger partial charge >= 0.3 is 5.97 Å². The van der Waals surface area contributed by atoms with Crippen molar-refractivity contribution in [2.45, 2.75) is 53.0 Å². The molecule has 7 nitrogen and oxygen atoms in total. The van der Waals surface area contributed by atoms with Crippen LogP contribution in [0.5, 0.6) is 5.75 Å². The summed E-state index contributed by atoms with van der Waals surface area (Å²) in [7, 11) is 0. The van der Waals surface area contributed by atoms with Crippen LogP contribution in [0.3, 0.4) is 0 Å². The van der Waals surface area contributed by atoms with Gasteiger partial charge in [-0.05, 0) is 91.9 Å². The van der Waals surface area contributed by atoms with Crippen molar-refractivity contribution in [1.29, 1.82) is 0 Å². The van der Waals surface area contributed by atoms with Gasteiger partial charge in [0.2, 0.25) is 5.76 Å². The number of fused-ring (bicyclic) bond motifs is 2. The molecule has 1 atom stereocenters. The van der Waals surface area contributed by atoms with Crippen molar-refractivity contribution < 1.29 is 23.5 Å². The molecule has 0 N–H and O–H groups in total. The minimum Gasteiger partial charge on any atom is -0.494 e. The van der Waals surface area contributed by atoms with Crippen molar-refractivity contribution in [3.05, 3.63) is 104 Å². The standard InChI is InChI=1S/C33H33NO6/c1-5-7-17-39-33(37)23-8-12-24(13-9-23)34-29(22-10-14-25(15-11-22)38-16-6-2)28-30(35)26-18-20(3)21(4)19-27(26)40-31(28)32(34)36/h8-15,18-19,29H,5-7,16-17H2,1-4H3. The van der Waals surface area contributed by atoms with E-state index >= 15 is 0 Å². The van der Waals surface area contributed by atoms with Crippen molar-refractivity contribution >= 4 is 28.5 Å². The fourth-order valence-corrected chi connectivity index (χ4v) is 4.93. The number of carbonyl (C=O) groups excluding carboxylic acids is 2.